The number of halogens is 3. The van der Waals surface area contributed by atoms with E-state index in [1.165, 1.54) is 17.8 Å². The van der Waals surface area contributed by atoms with E-state index in [0.29, 0.717) is 19.0 Å². The monoisotopic (exact) mass is 388 g/mol. The lowest BCUT2D eigenvalue weighted by atomic mass is 10.1. The Kier molecular flexibility index (Phi) is 6.23. The van der Waals surface area contributed by atoms with Crippen LogP contribution in [0.4, 0.5) is 18.9 Å². The van der Waals surface area contributed by atoms with Crippen LogP contribution in [0.1, 0.15) is 16.7 Å². The molecular formula is C21H23F3N4. The number of aliphatic imine (C=N–C) groups is 1. The zero-order chi connectivity index (χ0) is 20.0. The van der Waals surface area contributed by atoms with Crippen molar-refractivity contribution >= 4 is 11.6 Å². The molecule has 28 heavy (non-hydrogen) atoms. The van der Waals surface area contributed by atoms with Gasteiger partial charge in [0.15, 0.2) is 5.96 Å². The summed E-state index contributed by atoms with van der Waals surface area (Å²) in [7, 11) is 1.66. The molecule has 0 atom stereocenters. The number of guanidine groups is 1. The van der Waals surface area contributed by atoms with Gasteiger partial charge in [-0.3, -0.25) is 4.99 Å². The largest absolute Gasteiger partial charge is 0.416 e. The van der Waals surface area contributed by atoms with Crippen LogP contribution in [0.2, 0.25) is 0 Å². The fourth-order valence-electron chi connectivity index (χ4n) is 2.96. The molecule has 0 unspecified atom stereocenters. The average Bonchev–Trinajstić information content (AvgIpc) is 3.23. The summed E-state index contributed by atoms with van der Waals surface area (Å²) in [6, 6.07) is 13.4. The third-order valence-corrected chi connectivity index (χ3v) is 4.52. The molecule has 0 spiro atoms. The summed E-state index contributed by atoms with van der Waals surface area (Å²) >= 11 is 0. The molecule has 0 bridgehead atoms. The number of rotatable bonds is 5. The number of hydrogen-bond acceptors (Lipinski definition) is 2. The molecule has 2 aromatic carbocycles. The van der Waals surface area contributed by atoms with Crippen LogP contribution in [0.25, 0.3) is 0 Å². The Morgan fingerprint density at radius 3 is 2.21 bits per heavy atom. The minimum absolute atomic E-state index is 0.386. The summed E-state index contributed by atoms with van der Waals surface area (Å²) in [6.45, 7) is 2.83. The maximum atomic E-state index is 12.6. The lowest BCUT2D eigenvalue weighted by molar-refractivity contribution is -0.137. The first kappa shape index (κ1) is 19.8. The number of hydrogen-bond donors (Lipinski definition) is 2. The van der Waals surface area contributed by atoms with Gasteiger partial charge >= 0.3 is 6.18 Å². The van der Waals surface area contributed by atoms with Crippen LogP contribution in [0, 0.1) is 0 Å². The SMILES string of the molecule is CN=C(NCc1ccc(C(F)(F)F)cc1)NCc1cccc(N2CC=CC2)c1. The molecule has 0 saturated heterocycles. The van der Waals surface area contributed by atoms with Crippen molar-refractivity contribution in [3.63, 3.8) is 0 Å². The van der Waals surface area contributed by atoms with Crippen molar-refractivity contribution in [3.8, 4) is 0 Å². The van der Waals surface area contributed by atoms with Gasteiger partial charge in [-0.2, -0.15) is 13.2 Å². The van der Waals surface area contributed by atoms with Crippen molar-refractivity contribution in [2.45, 2.75) is 19.3 Å². The maximum absolute atomic E-state index is 12.6. The molecule has 0 aromatic heterocycles. The second kappa shape index (κ2) is 8.82. The van der Waals surface area contributed by atoms with Crippen molar-refractivity contribution in [2.24, 2.45) is 4.99 Å². The number of nitrogens with one attached hydrogen (secondary N) is 2. The number of anilines is 1. The van der Waals surface area contributed by atoms with Gasteiger partial charge in [-0.15, -0.1) is 0 Å². The van der Waals surface area contributed by atoms with E-state index in [2.05, 4.69) is 44.8 Å². The van der Waals surface area contributed by atoms with Crippen molar-refractivity contribution in [2.75, 3.05) is 25.0 Å². The summed E-state index contributed by atoms with van der Waals surface area (Å²) in [5, 5.41) is 6.36. The molecule has 148 valence electrons. The molecule has 0 radical (unpaired) electrons. The molecule has 1 heterocycles. The highest BCUT2D eigenvalue weighted by Gasteiger charge is 2.29. The van der Waals surface area contributed by atoms with E-state index in [0.717, 1.165) is 36.3 Å². The van der Waals surface area contributed by atoms with Crippen LogP contribution in [-0.4, -0.2) is 26.1 Å². The Bertz CT molecular complexity index is 833. The number of alkyl halides is 3. The van der Waals surface area contributed by atoms with Crippen LogP contribution in [0.15, 0.2) is 65.7 Å². The molecule has 0 fully saturated rings. The lowest BCUT2D eigenvalue weighted by Crippen LogP contribution is -2.36. The summed E-state index contributed by atoms with van der Waals surface area (Å²) in [5.41, 5.74) is 2.41. The van der Waals surface area contributed by atoms with E-state index in [4.69, 9.17) is 0 Å². The van der Waals surface area contributed by atoms with Gasteiger partial charge in [-0.1, -0.05) is 36.4 Å². The second-order valence-corrected chi connectivity index (χ2v) is 6.52. The molecule has 3 rings (SSSR count). The fraction of sp³-hybridized carbons (Fsp3) is 0.286. The molecule has 4 nitrogen and oxygen atoms in total. The zero-order valence-electron chi connectivity index (χ0n) is 15.6. The summed E-state index contributed by atoms with van der Waals surface area (Å²) < 4.78 is 37.9. The fourth-order valence-corrected chi connectivity index (χ4v) is 2.96. The Labute approximate surface area is 162 Å². The quantitative estimate of drug-likeness (QED) is 0.463. The highest BCUT2D eigenvalue weighted by molar-refractivity contribution is 5.79. The van der Waals surface area contributed by atoms with Gasteiger partial charge in [0, 0.05) is 38.9 Å². The third kappa shape index (κ3) is 5.28. The van der Waals surface area contributed by atoms with Gasteiger partial charge in [0.1, 0.15) is 0 Å². The third-order valence-electron chi connectivity index (χ3n) is 4.52. The number of nitrogens with zero attached hydrogens (tertiary/aromatic N) is 2. The van der Waals surface area contributed by atoms with Crippen molar-refractivity contribution in [1.29, 1.82) is 0 Å². The van der Waals surface area contributed by atoms with Crippen molar-refractivity contribution in [1.82, 2.24) is 10.6 Å². The average molecular weight is 388 g/mol. The summed E-state index contributed by atoms with van der Waals surface area (Å²) in [5.74, 6) is 0.591. The Morgan fingerprint density at radius 1 is 0.964 bits per heavy atom. The molecule has 0 amide bonds. The highest BCUT2D eigenvalue weighted by atomic mass is 19.4. The molecule has 1 aliphatic rings. The van der Waals surface area contributed by atoms with Gasteiger partial charge in [-0.05, 0) is 35.4 Å². The smallest absolute Gasteiger partial charge is 0.364 e. The number of benzene rings is 2. The molecule has 0 aliphatic carbocycles. The van der Waals surface area contributed by atoms with Gasteiger partial charge in [0.05, 0.1) is 5.56 Å². The standard InChI is InChI=1S/C21H23F3N4/c1-25-20(26-14-16-7-9-18(10-8-16)21(22,23)24)27-15-17-5-4-6-19(13-17)28-11-2-3-12-28/h2-10,13H,11-12,14-15H2,1H3,(H2,25,26,27). The Morgan fingerprint density at radius 2 is 1.61 bits per heavy atom. The molecule has 0 saturated carbocycles. The van der Waals surface area contributed by atoms with Crippen LogP contribution < -0.4 is 15.5 Å². The van der Waals surface area contributed by atoms with Crippen LogP contribution in [0.5, 0.6) is 0 Å². The minimum atomic E-state index is -4.32. The van der Waals surface area contributed by atoms with Crippen molar-refractivity contribution < 1.29 is 13.2 Å². The van der Waals surface area contributed by atoms with Gasteiger partial charge < -0.3 is 15.5 Å². The molecule has 2 aromatic rings. The lowest BCUT2D eigenvalue weighted by Gasteiger charge is -2.19. The van der Waals surface area contributed by atoms with Gasteiger partial charge in [-0.25, -0.2) is 0 Å². The summed E-state index contributed by atoms with van der Waals surface area (Å²) in [6.07, 6.45) is -0.0148. The summed E-state index contributed by atoms with van der Waals surface area (Å²) in [4.78, 5) is 6.45. The molecule has 7 heteroatoms. The molecular weight excluding hydrogens is 365 g/mol. The topological polar surface area (TPSA) is 39.7 Å². The first-order valence-corrected chi connectivity index (χ1v) is 9.05. The van der Waals surface area contributed by atoms with E-state index < -0.39 is 11.7 Å². The Hall–Kier alpha value is -2.96. The van der Waals surface area contributed by atoms with Crippen molar-refractivity contribution in [3.05, 3.63) is 77.4 Å². The van der Waals surface area contributed by atoms with Crippen LogP contribution >= 0.6 is 0 Å². The first-order valence-electron chi connectivity index (χ1n) is 9.05. The van der Waals surface area contributed by atoms with E-state index >= 15 is 0 Å². The van der Waals surface area contributed by atoms with Crippen LogP contribution in [-0.2, 0) is 19.3 Å². The van der Waals surface area contributed by atoms with E-state index in [1.54, 1.807) is 7.05 Å². The molecule has 1 aliphatic heterocycles. The first-order chi connectivity index (χ1) is 13.5. The van der Waals surface area contributed by atoms with Gasteiger partial charge in [0.25, 0.3) is 0 Å². The highest BCUT2D eigenvalue weighted by Crippen LogP contribution is 2.29. The van der Waals surface area contributed by atoms with Crippen LogP contribution in [0.3, 0.4) is 0 Å². The second-order valence-electron chi connectivity index (χ2n) is 6.52. The predicted octanol–water partition coefficient (Wildman–Crippen LogP) is 3.95. The predicted molar refractivity (Wildman–Crippen MR) is 106 cm³/mol. The van der Waals surface area contributed by atoms with E-state index in [1.807, 2.05) is 12.1 Å². The minimum Gasteiger partial charge on any atom is -0.364 e. The van der Waals surface area contributed by atoms with Gasteiger partial charge in [0.2, 0.25) is 0 Å². The maximum Gasteiger partial charge on any atom is 0.416 e. The van der Waals surface area contributed by atoms with E-state index in [9.17, 15) is 13.2 Å². The Balaban J connectivity index is 1.52. The normalized spacial score (nSPS) is 14.4. The zero-order valence-corrected chi connectivity index (χ0v) is 15.6. The van der Waals surface area contributed by atoms with E-state index in [-0.39, 0.29) is 0 Å². The molecule has 2 N–H and O–H groups in total.